The number of ether oxygens (including phenoxy) is 2. The molecule has 4 heteroatoms. The molecule has 1 aromatic carbocycles. The molecule has 0 saturated carbocycles. The Hall–Kier alpha value is -0.870. The van der Waals surface area contributed by atoms with Crippen molar-refractivity contribution in [2.45, 2.75) is 17.1 Å². The maximum absolute atomic E-state index is 6.01. The number of hydrogen-bond donors (Lipinski definition) is 1. The molecule has 0 amide bonds. The summed E-state index contributed by atoms with van der Waals surface area (Å²) in [6.07, 6.45) is 0. The van der Waals surface area contributed by atoms with Crippen molar-refractivity contribution in [3.05, 3.63) is 18.2 Å². The molecule has 3 nitrogen and oxygen atoms in total. The van der Waals surface area contributed by atoms with Gasteiger partial charge in [-0.2, -0.15) is 0 Å². The van der Waals surface area contributed by atoms with Gasteiger partial charge in [-0.15, -0.1) is 11.8 Å². The lowest BCUT2D eigenvalue weighted by molar-refractivity contribution is 0.0455. The molecule has 82 valence electrons. The molecule has 1 fully saturated rings. The van der Waals surface area contributed by atoms with E-state index in [0.29, 0.717) is 11.9 Å². The van der Waals surface area contributed by atoms with Crippen LogP contribution in [0.5, 0.6) is 5.75 Å². The van der Waals surface area contributed by atoms with Crippen LogP contribution in [-0.2, 0) is 4.74 Å². The van der Waals surface area contributed by atoms with E-state index in [1.165, 1.54) is 0 Å². The molecule has 2 N–H and O–H groups in total. The second kappa shape index (κ2) is 4.77. The highest BCUT2D eigenvalue weighted by atomic mass is 32.2. The molecule has 2 rings (SSSR count). The van der Waals surface area contributed by atoms with E-state index in [1.54, 1.807) is 11.8 Å². The zero-order valence-electron chi connectivity index (χ0n) is 8.73. The van der Waals surface area contributed by atoms with Crippen molar-refractivity contribution in [3.63, 3.8) is 0 Å². The lowest BCUT2D eigenvalue weighted by atomic mass is 10.3. The molecule has 0 aliphatic carbocycles. The van der Waals surface area contributed by atoms with Gasteiger partial charge in [0, 0.05) is 4.90 Å². The first-order valence-electron chi connectivity index (χ1n) is 5.07. The van der Waals surface area contributed by atoms with E-state index in [4.69, 9.17) is 15.2 Å². The zero-order valence-corrected chi connectivity index (χ0v) is 9.55. The Kier molecular flexibility index (Phi) is 3.38. The third kappa shape index (κ3) is 2.38. The summed E-state index contributed by atoms with van der Waals surface area (Å²) in [5.41, 5.74) is 6.76. The number of benzene rings is 1. The number of nitrogen functional groups attached to an aromatic ring is 1. The highest BCUT2D eigenvalue weighted by Crippen LogP contribution is 2.36. The van der Waals surface area contributed by atoms with Crippen LogP contribution in [-0.4, -0.2) is 25.1 Å². The number of para-hydroxylation sites is 1. The first-order chi connectivity index (χ1) is 7.31. The Bertz CT molecular complexity index is 339. The first kappa shape index (κ1) is 10.6. The summed E-state index contributed by atoms with van der Waals surface area (Å²) in [7, 11) is 0. The topological polar surface area (TPSA) is 44.5 Å². The second-order valence-electron chi connectivity index (χ2n) is 3.38. The quantitative estimate of drug-likeness (QED) is 0.797. The van der Waals surface area contributed by atoms with E-state index in [1.807, 2.05) is 25.1 Å². The molecule has 0 bridgehead atoms. The molecule has 1 heterocycles. The molecule has 1 aliphatic heterocycles. The van der Waals surface area contributed by atoms with Crippen molar-refractivity contribution in [1.29, 1.82) is 0 Å². The lowest BCUT2D eigenvalue weighted by Crippen LogP contribution is -2.30. The monoisotopic (exact) mass is 225 g/mol. The summed E-state index contributed by atoms with van der Waals surface area (Å²) in [6, 6.07) is 5.91. The van der Waals surface area contributed by atoms with Crippen molar-refractivity contribution in [1.82, 2.24) is 0 Å². The van der Waals surface area contributed by atoms with Crippen molar-refractivity contribution >= 4 is 17.4 Å². The molecule has 15 heavy (non-hydrogen) atoms. The largest absolute Gasteiger partial charge is 0.492 e. The average Bonchev–Trinajstić information content (AvgIpc) is 2.17. The molecule has 0 spiro atoms. The number of anilines is 1. The minimum Gasteiger partial charge on any atom is -0.492 e. The van der Waals surface area contributed by atoms with E-state index in [0.717, 1.165) is 29.5 Å². The number of rotatable bonds is 4. The maximum Gasteiger partial charge on any atom is 0.143 e. The van der Waals surface area contributed by atoms with Gasteiger partial charge in [0.1, 0.15) is 5.75 Å². The fourth-order valence-electron chi connectivity index (χ4n) is 1.37. The van der Waals surface area contributed by atoms with Crippen LogP contribution in [0.1, 0.15) is 6.92 Å². The van der Waals surface area contributed by atoms with Crippen LogP contribution in [0.2, 0.25) is 0 Å². The van der Waals surface area contributed by atoms with Gasteiger partial charge in [-0.05, 0) is 19.1 Å². The summed E-state index contributed by atoms with van der Waals surface area (Å²) in [4.78, 5) is 1.09. The van der Waals surface area contributed by atoms with Gasteiger partial charge in [0.2, 0.25) is 0 Å². The van der Waals surface area contributed by atoms with Crippen LogP contribution in [0.3, 0.4) is 0 Å². The third-order valence-corrected chi connectivity index (χ3v) is 3.44. The van der Waals surface area contributed by atoms with E-state index in [2.05, 4.69) is 0 Å². The predicted octanol–water partition coefficient (Wildman–Crippen LogP) is 2.16. The molecular formula is C11H15NO2S. The summed E-state index contributed by atoms with van der Waals surface area (Å²) in [5.74, 6) is 0.780. The molecule has 0 atom stereocenters. The number of hydrogen-bond acceptors (Lipinski definition) is 4. The summed E-state index contributed by atoms with van der Waals surface area (Å²) in [6.45, 7) is 4.25. The second-order valence-corrected chi connectivity index (χ2v) is 4.72. The fourth-order valence-corrected chi connectivity index (χ4v) is 2.44. The summed E-state index contributed by atoms with van der Waals surface area (Å²) < 4.78 is 10.6. The van der Waals surface area contributed by atoms with Crippen molar-refractivity contribution < 1.29 is 9.47 Å². The Balaban J connectivity index is 2.11. The van der Waals surface area contributed by atoms with E-state index in [9.17, 15) is 0 Å². The van der Waals surface area contributed by atoms with Crippen LogP contribution < -0.4 is 10.5 Å². The minimum absolute atomic E-state index is 0.546. The molecule has 0 unspecified atom stereocenters. The molecule has 1 aromatic rings. The minimum atomic E-state index is 0.546. The van der Waals surface area contributed by atoms with Gasteiger partial charge >= 0.3 is 0 Å². The third-order valence-electron chi connectivity index (χ3n) is 2.23. The van der Waals surface area contributed by atoms with Gasteiger partial charge < -0.3 is 15.2 Å². The molecule has 0 aromatic heterocycles. The highest BCUT2D eigenvalue weighted by Gasteiger charge is 2.21. The van der Waals surface area contributed by atoms with Crippen LogP contribution in [0.15, 0.2) is 23.1 Å². The molecule has 1 aliphatic rings. The van der Waals surface area contributed by atoms with Gasteiger partial charge in [-0.25, -0.2) is 0 Å². The molecular weight excluding hydrogens is 210 g/mol. The summed E-state index contributed by atoms with van der Waals surface area (Å²) >= 11 is 1.77. The Morgan fingerprint density at radius 3 is 2.93 bits per heavy atom. The van der Waals surface area contributed by atoms with Crippen LogP contribution in [0.25, 0.3) is 0 Å². The number of nitrogens with two attached hydrogens (primary N) is 1. The van der Waals surface area contributed by atoms with Gasteiger partial charge in [-0.1, -0.05) is 6.07 Å². The standard InChI is InChI=1S/C11H15NO2S/c1-2-14-9-4-3-5-10(11(9)12)15-8-6-13-7-8/h3-5,8H,2,6-7,12H2,1H3. The van der Waals surface area contributed by atoms with Gasteiger partial charge in [0.25, 0.3) is 0 Å². The van der Waals surface area contributed by atoms with Crippen molar-refractivity contribution in [2.24, 2.45) is 0 Å². The van der Waals surface area contributed by atoms with Crippen molar-refractivity contribution in [3.8, 4) is 5.75 Å². The molecule has 1 saturated heterocycles. The van der Waals surface area contributed by atoms with Crippen LogP contribution in [0, 0.1) is 0 Å². The summed E-state index contributed by atoms with van der Waals surface area (Å²) in [5, 5.41) is 0.546. The van der Waals surface area contributed by atoms with Crippen LogP contribution >= 0.6 is 11.8 Å². The van der Waals surface area contributed by atoms with E-state index < -0.39 is 0 Å². The SMILES string of the molecule is CCOc1cccc(SC2COC2)c1N. The van der Waals surface area contributed by atoms with Gasteiger partial charge in [-0.3, -0.25) is 0 Å². The maximum atomic E-state index is 6.01. The van der Waals surface area contributed by atoms with E-state index >= 15 is 0 Å². The average molecular weight is 225 g/mol. The van der Waals surface area contributed by atoms with Gasteiger partial charge in [0.05, 0.1) is 30.8 Å². The normalized spacial score (nSPS) is 16.1. The Labute approximate surface area is 93.9 Å². The Morgan fingerprint density at radius 2 is 2.33 bits per heavy atom. The first-order valence-corrected chi connectivity index (χ1v) is 5.95. The smallest absolute Gasteiger partial charge is 0.143 e. The molecule has 0 radical (unpaired) electrons. The lowest BCUT2D eigenvalue weighted by Gasteiger charge is -2.25. The van der Waals surface area contributed by atoms with Crippen molar-refractivity contribution in [2.75, 3.05) is 25.6 Å². The fraction of sp³-hybridized carbons (Fsp3) is 0.455. The van der Waals surface area contributed by atoms with Crippen LogP contribution in [0.4, 0.5) is 5.69 Å². The zero-order chi connectivity index (χ0) is 10.7. The van der Waals surface area contributed by atoms with E-state index in [-0.39, 0.29) is 0 Å². The number of thioether (sulfide) groups is 1. The van der Waals surface area contributed by atoms with Gasteiger partial charge in [0.15, 0.2) is 0 Å². The highest BCUT2D eigenvalue weighted by molar-refractivity contribution is 8.00. The predicted molar refractivity (Wildman–Crippen MR) is 62.5 cm³/mol. The Morgan fingerprint density at radius 1 is 1.53 bits per heavy atom.